The molecule has 108 valence electrons. The lowest BCUT2D eigenvalue weighted by molar-refractivity contribution is 0.350. The van der Waals surface area contributed by atoms with Gasteiger partial charge in [-0.15, -0.1) is 11.3 Å². The molecule has 1 aliphatic rings. The number of rotatable bonds is 6. The van der Waals surface area contributed by atoms with Crippen LogP contribution in [0.2, 0.25) is 0 Å². The van der Waals surface area contributed by atoms with Crippen molar-refractivity contribution in [2.24, 2.45) is 0 Å². The molecule has 2 N–H and O–H groups in total. The van der Waals surface area contributed by atoms with Crippen LogP contribution in [0.15, 0.2) is 17.5 Å². The molecule has 1 unspecified atom stereocenters. The van der Waals surface area contributed by atoms with Crippen LogP contribution in [-0.2, 0) is 10.2 Å². The molecule has 2 rings (SSSR count). The smallest absolute Gasteiger partial charge is 0.280 e. The van der Waals surface area contributed by atoms with E-state index in [-0.39, 0.29) is 6.04 Å². The van der Waals surface area contributed by atoms with Gasteiger partial charge in [0.05, 0.1) is 6.04 Å². The summed E-state index contributed by atoms with van der Waals surface area (Å²) in [5, 5.41) is 5.14. The quantitative estimate of drug-likeness (QED) is 0.833. The zero-order chi connectivity index (χ0) is 13.7. The predicted octanol–water partition coefficient (Wildman–Crippen LogP) is 1.33. The molecule has 1 saturated heterocycles. The van der Waals surface area contributed by atoms with Gasteiger partial charge in [0.1, 0.15) is 0 Å². The van der Waals surface area contributed by atoms with Crippen LogP contribution in [0.3, 0.4) is 0 Å². The van der Waals surface area contributed by atoms with Crippen molar-refractivity contribution in [2.45, 2.75) is 25.8 Å². The van der Waals surface area contributed by atoms with Gasteiger partial charge in [-0.05, 0) is 17.9 Å². The van der Waals surface area contributed by atoms with Gasteiger partial charge >= 0.3 is 0 Å². The lowest BCUT2D eigenvalue weighted by Gasteiger charge is -2.28. The minimum Gasteiger partial charge on any atom is -0.314 e. The molecular weight excluding hydrogens is 282 g/mol. The molecule has 0 aromatic carbocycles. The molecule has 0 radical (unpaired) electrons. The van der Waals surface area contributed by atoms with Gasteiger partial charge in [-0.25, -0.2) is 0 Å². The third-order valence-corrected chi connectivity index (χ3v) is 5.78. The molecule has 1 aliphatic heterocycles. The van der Waals surface area contributed by atoms with E-state index >= 15 is 0 Å². The SMILES string of the molecule is CCCC(NS(=O)(=O)N1CCNCC1)c1cccs1. The Kier molecular flexibility index (Phi) is 5.35. The highest BCUT2D eigenvalue weighted by atomic mass is 32.2. The van der Waals surface area contributed by atoms with E-state index in [9.17, 15) is 8.42 Å². The Morgan fingerprint density at radius 3 is 2.79 bits per heavy atom. The lowest BCUT2D eigenvalue weighted by Crippen LogP contribution is -2.51. The van der Waals surface area contributed by atoms with Crippen LogP contribution < -0.4 is 10.0 Å². The molecule has 2 heterocycles. The Balaban J connectivity index is 2.07. The maximum Gasteiger partial charge on any atom is 0.280 e. The van der Waals surface area contributed by atoms with E-state index in [4.69, 9.17) is 0 Å². The van der Waals surface area contributed by atoms with E-state index in [1.807, 2.05) is 17.5 Å². The van der Waals surface area contributed by atoms with Crippen LogP contribution in [0.25, 0.3) is 0 Å². The second-order valence-corrected chi connectivity index (χ2v) is 7.31. The average molecular weight is 303 g/mol. The zero-order valence-electron chi connectivity index (χ0n) is 11.1. The first-order valence-electron chi connectivity index (χ1n) is 6.65. The van der Waals surface area contributed by atoms with Crippen molar-refractivity contribution in [1.29, 1.82) is 0 Å². The van der Waals surface area contributed by atoms with E-state index in [0.29, 0.717) is 13.1 Å². The highest BCUT2D eigenvalue weighted by Crippen LogP contribution is 2.24. The Morgan fingerprint density at radius 2 is 2.21 bits per heavy atom. The number of hydrogen-bond donors (Lipinski definition) is 2. The molecule has 0 aliphatic carbocycles. The minimum absolute atomic E-state index is 0.107. The monoisotopic (exact) mass is 303 g/mol. The van der Waals surface area contributed by atoms with Gasteiger partial charge in [0.15, 0.2) is 0 Å². The third kappa shape index (κ3) is 4.00. The molecule has 1 fully saturated rings. The van der Waals surface area contributed by atoms with Gasteiger partial charge < -0.3 is 5.32 Å². The van der Waals surface area contributed by atoms with E-state index in [1.165, 1.54) is 4.31 Å². The van der Waals surface area contributed by atoms with Gasteiger partial charge in [0, 0.05) is 31.1 Å². The average Bonchev–Trinajstić information content (AvgIpc) is 2.93. The normalized spacial score (nSPS) is 19.4. The number of nitrogens with one attached hydrogen (secondary N) is 2. The molecule has 0 spiro atoms. The first-order chi connectivity index (χ1) is 9.13. The van der Waals surface area contributed by atoms with Crippen molar-refractivity contribution in [3.05, 3.63) is 22.4 Å². The Bertz CT molecular complexity index is 467. The van der Waals surface area contributed by atoms with Gasteiger partial charge in [-0.1, -0.05) is 19.4 Å². The van der Waals surface area contributed by atoms with E-state index < -0.39 is 10.2 Å². The highest BCUT2D eigenvalue weighted by molar-refractivity contribution is 7.87. The maximum absolute atomic E-state index is 12.4. The molecule has 1 aromatic heterocycles. The van der Waals surface area contributed by atoms with Crippen LogP contribution in [0.1, 0.15) is 30.7 Å². The fraction of sp³-hybridized carbons (Fsp3) is 0.667. The summed E-state index contributed by atoms with van der Waals surface area (Å²) in [7, 11) is -3.38. The van der Waals surface area contributed by atoms with Crippen LogP contribution in [0.5, 0.6) is 0 Å². The molecule has 0 amide bonds. The highest BCUT2D eigenvalue weighted by Gasteiger charge is 2.27. The van der Waals surface area contributed by atoms with Gasteiger partial charge in [-0.3, -0.25) is 0 Å². The predicted molar refractivity (Wildman–Crippen MR) is 78.5 cm³/mol. The first-order valence-corrected chi connectivity index (χ1v) is 8.97. The molecule has 5 nitrogen and oxygen atoms in total. The van der Waals surface area contributed by atoms with Gasteiger partial charge in [0.25, 0.3) is 10.2 Å². The minimum atomic E-state index is -3.38. The van der Waals surface area contributed by atoms with Gasteiger partial charge in [0.2, 0.25) is 0 Å². The Labute approximate surface area is 119 Å². The summed E-state index contributed by atoms with van der Waals surface area (Å²) in [6.45, 7) is 4.59. The molecule has 0 bridgehead atoms. The fourth-order valence-corrected chi connectivity index (χ4v) is 4.48. The maximum atomic E-state index is 12.4. The first kappa shape index (κ1) is 14.9. The second kappa shape index (κ2) is 6.81. The topological polar surface area (TPSA) is 61.4 Å². The van der Waals surface area contributed by atoms with Crippen molar-refractivity contribution < 1.29 is 8.42 Å². The summed E-state index contributed by atoms with van der Waals surface area (Å²) < 4.78 is 29.1. The summed E-state index contributed by atoms with van der Waals surface area (Å²) in [6.07, 6.45) is 1.78. The second-order valence-electron chi connectivity index (χ2n) is 4.63. The summed E-state index contributed by atoms with van der Waals surface area (Å²) >= 11 is 1.60. The number of piperazine rings is 1. The fourth-order valence-electron chi connectivity index (χ4n) is 2.18. The van der Waals surface area contributed by atoms with E-state index in [0.717, 1.165) is 30.8 Å². The Morgan fingerprint density at radius 1 is 1.47 bits per heavy atom. The van der Waals surface area contributed by atoms with Crippen molar-refractivity contribution >= 4 is 21.5 Å². The van der Waals surface area contributed by atoms with Gasteiger partial charge in [-0.2, -0.15) is 17.4 Å². The largest absolute Gasteiger partial charge is 0.314 e. The van der Waals surface area contributed by atoms with Crippen molar-refractivity contribution in [3.8, 4) is 0 Å². The van der Waals surface area contributed by atoms with Crippen LogP contribution in [-0.4, -0.2) is 38.9 Å². The number of nitrogens with zero attached hydrogens (tertiary/aromatic N) is 1. The van der Waals surface area contributed by atoms with Crippen molar-refractivity contribution in [3.63, 3.8) is 0 Å². The third-order valence-electron chi connectivity index (χ3n) is 3.17. The molecule has 0 saturated carbocycles. The van der Waals surface area contributed by atoms with Crippen LogP contribution in [0.4, 0.5) is 0 Å². The summed E-state index contributed by atoms with van der Waals surface area (Å²) in [5.74, 6) is 0. The molecule has 1 aromatic rings. The summed E-state index contributed by atoms with van der Waals surface area (Å²) in [6, 6.07) is 3.84. The summed E-state index contributed by atoms with van der Waals surface area (Å²) in [4.78, 5) is 1.08. The molecule has 1 atom stereocenters. The standard InChI is InChI=1S/C12H21N3O2S2/c1-2-4-11(12-5-3-10-18-12)14-19(16,17)15-8-6-13-7-9-15/h3,5,10-11,13-14H,2,4,6-9H2,1H3. The molecule has 19 heavy (non-hydrogen) atoms. The molecular formula is C12H21N3O2S2. The Hall–Kier alpha value is -0.470. The van der Waals surface area contributed by atoms with E-state index in [1.54, 1.807) is 11.3 Å². The van der Waals surface area contributed by atoms with Crippen molar-refractivity contribution in [2.75, 3.05) is 26.2 Å². The van der Waals surface area contributed by atoms with Crippen LogP contribution >= 0.6 is 11.3 Å². The number of hydrogen-bond acceptors (Lipinski definition) is 4. The van der Waals surface area contributed by atoms with E-state index in [2.05, 4.69) is 17.0 Å². The molecule has 7 heteroatoms. The lowest BCUT2D eigenvalue weighted by atomic mass is 10.1. The van der Waals surface area contributed by atoms with Crippen LogP contribution in [0, 0.1) is 0 Å². The van der Waals surface area contributed by atoms with Crippen molar-refractivity contribution in [1.82, 2.24) is 14.3 Å². The number of thiophene rings is 1. The summed E-state index contributed by atoms with van der Waals surface area (Å²) in [5.41, 5.74) is 0. The zero-order valence-corrected chi connectivity index (χ0v) is 12.8.